The van der Waals surface area contributed by atoms with E-state index >= 15 is 0 Å². The maximum atomic E-state index is 12.8. The molecular weight excluding hydrogens is 223 g/mol. The fourth-order valence-electron chi connectivity index (χ4n) is 1.23. The van der Waals surface area contributed by atoms with Gasteiger partial charge in [0.1, 0.15) is 0 Å². The van der Waals surface area contributed by atoms with E-state index in [1.54, 1.807) is 0 Å². The summed E-state index contributed by atoms with van der Waals surface area (Å²) < 4.78 is 39.3. The van der Waals surface area contributed by atoms with E-state index in [0.717, 1.165) is 10.8 Å². The van der Waals surface area contributed by atoms with Gasteiger partial charge in [0.15, 0.2) is 5.82 Å². The molecule has 1 N–H and O–H groups in total. The van der Waals surface area contributed by atoms with Gasteiger partial charge in [0.05, 0.1) is 11.6 Å². The summed E-state index contributed by atoms with van der Waals surface area (Å²) in [4.78, 5) is 3.40. The molecule has 7 heteroatoms. The largest absolute Gasteiger partial charge is 0.429 e. The molecule has 0 aromatic carbocycles. The van der Waals surface area contributed by atoms with E-state index in [-0.39, 0.29) is 0 Å². The Hall–Kier alpha value is -1.81. The van der Waals surface area contributed by atoms with Gasteiger partial charge < -0.3 is 9.67 Å². The first kappa shape index (κ1) is 12.3. The molecule has 0 radical (unpaired) electrons. The van der Waals surface area contributed by atoms with Gasteiger partial charge in [-0.3, -0.25) is 0 Å². The van der Waals surface area contributed by atoms with Crippen LogP contribution in [0.4, 0.5) is 13.2 Å². The second-order valence-electron chi connectivity index (χ2n) is 3.16. The van der Waals surface area contributed by atoms with Gasteiger partial charge in [0, 0.05) is 19.4 Å². The number of imidazole rings is 1. The van der Waals surface area contributed by atoms with E-state index in [2.05, 4.69) is 11.6 Å². The van der Waals surface area contributed by atoms with Gasteiger partial charge >= 0.3 is 6.18 Å². The van der Waals surface area contributed by atoms with Crippen molar-refractivity contribution in [2.24, 2.45) is 7.05 Å². The highest BCUT2D eigenvalue weighted by molar-refractivity contribution is 5.34. The predicted molar refractivity (Wildman–Crippen MR) is 47.9 cm³/mol. The molecule has 0 saturated carbocycles. The monoisotopic (exact) mass is 231 g/mol. The molecule has 0 unspecified atom stereocenters. The second kappa shape index (κ2) is 3.64. The number of aryl methyl sites for hydroxylation is 1. The number of aliphatic hydroxyl groups is 1. The summed E-state index contributed by atoms with van der Waals surface area (Å²) in [6.45, 7) is 2.92. The number of nitrogens with zero attached hydrogens (tertiary/aromatic N) is 3. The quantitative estimate of drug-likeness (QED) is 0.779. The lowest BCUT2D eigenvalue weighted by Gasteiger charge is -2.28. The van der Waals surface area contributed by atoms with Crippen LogP contribution in [-0.2, 0) is 12.6 Å². The molecule has 0 bridgehead atoms. The van der Waals surface area contributed by atoms with Crippen LogP contribution in [-0.4, -0.2) is 20.8 Å². The van der Waals surface area contributed by atoms with Crippen molar-refractivity contribution in [1.82, 2.24) is 9.55 Å². The van der Waals surface area contributed by atoms with Gasteiger partial charge in [-0.2, -0.15) is 18.4 Å². The minimum absolute atomic E-state index is 0.688. The zero-order chi connectivity index (χ0) is 12.6. The molecule has 0 fully saturated rings. The van der Waals surface area contributed by atoms with Gasteiger partial charge in [-0.25, -0.2) is 4.98 Å². The average molecular weight is 231 g/mol. The van der Waals surface area contributed by atoms with Gasteiger partial charge in [0.2, 0.25) is 0 Å². The molecule has 1 heterocycles. The van der Waals surface area contributed by atoms with Crippen LogP contribution in [0.3, 0.4) is 0 Å². The third-order valence-electron chi connectivity index (χ3n) is 2.13. The lowest BCUT2D eigenvalue weighted by atomic mass is 9.94. The molecule has 16 heavy (non-hydrogen) atoms. The number of hydrogen-bond acceptors (Lipinski definition) is 3. The second-order valence-corrected chi connectivity index (χ2v) is 3.16. The molecular formula is C9H8F3N3O. The SMILES string of the molecule is C=C(C#N)[C@@](O)(c1nccn1C)C(F)(F)F. The molecule has 86 valence electrons. The Morgan fingerprint density at radius 2 is 2.19 bits per heavy atom. The third-order valence-corrected chi connectivity index (χ3v) is 2.13. The standard InChI is InChI=1S/C9H8F3N3O/c1-6(5-13)8(16,9(10,11)12)7-14-3-4-15(7)2/h3-4,16H,1H2,2H3/t8-/m1/s1. The smallest absolute Gasteiger partial charge is 0.369 e. The van der Waals surface area contributed by atoms with E-state index in [1.165, 1.54) is 19.3 Å². The fourth-order valence-corrected chi connectivity index (χ4v) is 1.23. The van der Waals surface area contributed by atoms with Crippen molar-refractivity contribution in [3.05, 3.63) is 30.4 Å². The van der Waals surface area contributed by atoms with Crippen molar-refractivity contribution >= 4 is 0 Å². The molecule has 1 atom stereocenters. The van der Waals surface area contributed by atoms with Crippen LogP contribution >= 0.6 is 0 Å². The Balaban J connectivity index is 3.45. The van der Waals surface area contributed by atoms with Crippen LogP contribution in [0.5, 0.6) is 0 Å². The summed E-state index contributed by atoms with van der Waals surface area (Å²) in [6, 6.07) is 1.21. The van der Waals surface area contributed by atoms with Gasteiger partial charge in [-0.1, -0.05) is 6.58 Å². The molecule has 0 aliphatic carbocycles. The maximum Gasteiger partial charge on any atom is 0.429 e. The Bertz CT molecular complexity index is 457. The van der Waals surface area contributed by atoms with E-state index in [1.807, 2.05) is 0 Å². The number of aromatic nitrogens is 2. The molecule has 4 nitrogen and oxygen atoms in total. The minimum Gasteiger partial charge on any atom is -0.369 e. The summed E-state index contributed by atoms with van der Waals surface area (Å²) in [5.41, 5.74) is -4.46. The van der Waals surface area contributed by atoms with Crippen molar-refractivity contribution in [3.63, 3.8) is 0 Å². The highest BCUT2D eigenvalue weighted by Crippen LogP contribution is 2.42. The fraction of sp³-hybridized carbons (Fsp3) is 0.333. The first-order chi connectivity index (χ1) is 7.25. The van der Waals surface area contributed by atoms with E-state index < -0.39 is 23.2 Å². The third kappa shape index (κ3) is 1.57. The Morgan fingerprint density at radius 1 is 1.62 bits per heavy atom. The number of hydrogen-bond donors (Lipinski definition) is 1. The number of nitriles is 1. The van der Waals surface area contributed by atoms with E-state index in [4.69, 9.17) is 5.26 Å². The molecule has 0 aliphatic heterocycles. The van der Waals surface area contributed by atoms with Crippen molar-refractivity contribution in [1.29, 1.82) is 5.26 Å². The van der Waals surface area contributed by atoms with E-state index in [9.17, 15) is 18.3 Å². The van der Waals surface area contributed by atoms with Gasteiger partial charge in [-0.15, -0.1) is 0 Å². The predicted octanol–water partition coefficient (Wildman–Crippen LogP) is 1.25. The van der Waals surface area contributed by atoms with Crippen molar-refractivity contribution in [2.45, 2.75) is 11.8 Å². The lowest BCUT2D eigenvalue weighted by Crippen LogP contribution is -2.45. The first-order valence-corrected chi connectivity index (χ1v) is 4.11. The van der Waals surface area contributed by atoms with Crippen molar-refractivity contribution < 1.29 is 18.3 Å². The van der Waals surface area contributed by atoms with Crippen LogP contribution in [0.1, 0.15) is 5.82 Å². The topological polar surface area (TPSA) is 61.8 Å². The summed E-state index contributed by atoms with van der Waals surface area (Å²) in [5, 5.41) is 18.1. The van der Waals surface area contributed by atoms with Gasteiger partial charge in [-0.05, 0) is 0 Å². The zero-order valence-corrected chi connectivity index (χ0v) is 8.28. The molecule has 1 aromatic rings. The molecule has 0 saturated heterocycles. The molecule has 0 amide bonds. The number of rotatable bonds is 2. The highest BCUT2D eigenvalue weighted by atomic mass is 19.4. The molecule has 0 aliphatic rings. The number of alkyl halides is 3. The minimum atomic E-state index is -5.06. The molecule has 0 spiro atoms. The van der Waals surface area contributed by atoms with Crippen LogP contribution in [0.2, 0.25) is 0 Å². The highest BCUT2D eigenvalue weighted by Gasteiger charge is 2.59. The molecule has 1 aromatic heterocycles. The van der Waals surface area contributed by atoms with Crippen molar-refractivity contribution in [2.75, 3.05) is 0 Å². The lowest BCUT2D eigenvalue weighted by molar-refractivity contribution is -0.251. The molecule has 1 rings (SSSR count). The summed E-state index contributed by atoms with van der Waals surface area (Å²) in [5.74, 6) is -0.688. The Morgan fingerprint density at radius 3 is 2.50 bits per heavy atom. The summed E-state index contributed by atoms with van der Waals surface area (Å²) in [6.07, 6.45) is -2.73. The normalized spacial score (nSPS) is 15.2. The van der Waals surface area contributed by atoms with Crippen LogP contribution in [0.15, 0.2) is 24.5 Å². The van der Waals surface area contributed by atoms with Crippen LogP contribution in [0.25, 0.3) is 0 Å². The van der Waals surface area contributed by atoms with Crippen LogP contribution < -0.4 is 0 Å². The number of halogens is 3. The summed E-state index contributed by atoms with van der Waals surface area (Å²) in [7, 11) is 1.28. The van der Waals surface area contributed by atoms with Crippen LogP contribution in [0, 0.1) is 11.3 Å². The Kier molecular flexibility index (Phi) is 2.79. The maximum absolute atomic E-state index is 12.8. The van der Waals surface area contributed by atoms with E-state index in [0.29, 0.717) is 0 Å². The zero-order valence-electron chi connectivity index (χ0n) is 8.28. The Labute approximate surface area is 89.3 Å². The summed E-state index contributed by atoms with van der Waals surface area (Å²) >= 11 is 0. The van der Waals surface area contributed by atoms with Gasteiger partial charge in [0.25, 0.3) is 5.60 Å². The average Bonchev–Trinajstić information content (AvgIpc) is 2.60. The van der Waals surface area contributed by atoms with Crippen molar-refractivity contribution in [3.8, 4) is 6.07 Å². The first-order valence-electron chi connectivity index (χ1n) is 4.11.